The molecule has 1 aliphatic rings. The molecule has 2 aromatic carbocycles. The highest BCUT2D eigenvalue weighted by molar-refractivity contribution is 5.79. The van der Waals surface area contributed by atoms with Crippen LogP contribution in [0.4, 0.5) is 11.5 Å². The summed E-state index contributed by atoms with van der Waals surface area (Å²) in [4.78, 5) is 0. The molecule has 4 N–H and O–H groups in total. The van der Waals surface area contributed by atoms with Crippen LogP contribution in [0.15, 0.2) is 48.5 Å². The molecule has 4 rings (SSSR count). The summed E-state index contributed by atoms with van der Waals surface area (Å²) in [5.41, 5.74) is 18.3. The molecular formula is C16H14N4. The summed E-state index contributed by atoms with van der Waals surface area (Å²) in [6, 6.07) is 15.9. The molecule has 1 aliphatic carbocycles. The summed E-state index contributed by atoms with van der Waals surface area (Å²) < 4.78 is 1.81. The maximum absolute atomic E-state index is 6.27. The highest BCUT2D eigenvalue weighted by atomic mass is 15.3. The number of para-hydroxylation sites is 1. The summed E-state index contributed by atoms with van der Waals surface area (Å²) in [7, 11) is 0. The average Bonchev–Trinajstić information content (AvgIpc) is 2.97. The molecule has 3 aromatic rings. The summed E-state index contributed by atoms with van der Waals surface area (Å²) >= 11 is 0. The van der Waals surface area contributed by atoms with Crippen LogP contribution in [0.3, 0.4) is 0 Å². The van der Waals surface area contributed by atoms with Crippen molar-refractivity contribution in [2.75, 3.05) is 11.5 Å². The van der Waals surface area contributed by atoms with E-state index in [4.69, 9.17) is 11.5 Å². The van der Waals surface area contributed by atoms with Gasteiger partial charge in [-0.05, 0) is 29.8 Å². The summed E-state index contributed by atoms with van der Waals surface area (Å²) in [6.45, 7) is 0. The van der Waals surface area contributed by atoms with Gasteiger partial charge in [-0.15, -0.1) is 0 Å². The number of benzene rings is 2. The normalized spacial score (nSPS) is 12.2. The van der Waals surface area contributed by atoms with Gasteiger partial charge in [0.25, 0.3) is 0 Å². The van der Waals surface area contributed by atoms with Crippen molar-refractivity contribution in [3.05, 3.63) is 59.7 Å². The van der Waals surface area contributed by atoms with Gasteiger partial charge in [0.05, 0.1) is 11.4 Å². The van der Waals surface area contributed by atoms with Crippen molar-refractivity contribution in [3.8, 4) is 16.9 Å². The van der Waals surface area contributed by atoms with Gasteiger partial charge in [-0.25, -0.2) is 4.68 Å². The summed E-state index contributed by atoms with van der Waals surface area (Å²) in [5.74, 6) is 0.709. The van der Waals surface area contributed by atoms with Gasteiger partial charge >= 0.3 is 0 Å². The molecule has 20 heavy (non-hydrogen) atoms. The third-order valence-corrected chi connectivity index (χ3v) is 3.78. The first-order chi connectivity index (χ1) is 9.74. The van der Waals surface area contributed by atoms with E-state index in [9.17, 15) is 0 Å². The lowest BCUT2D eigenvalue weighted by Crippen LogP contribution is -2.03. The van der Waals surface area contributed by atoms with E-state index < -0.39 is 0 Å². The highest BCUT2D eigenvalue weighted by Crippen LogP contribution is 2.40. The minimum Gasteiger partial charge on any atom is -0.399 e. The Kier molecular flexibility index (Phi) is 2.15. The van der Waals surface area contributed by atoms with E-state index in [0.29, 0.717) is 5.82 Å². The molecule has 0 aliphatic heterocycles. The Hall–Kier alpha value is -2.75. The first kappa shape index (κ1) is 11.1. The van der Waals surface area contributed by atoms with Crippen LogP contribution in [-0.2, 0) is 6.42 Å². The SMILES string of the molecule is Nc1ccc2c(c1)Cc1c-2nn(-c2ccccc2)c1N. The molecule has 4 nitrogen and oxygen atoms in total. The predicted molar refractivity (Wildman–Crippen MR) is 80.6 cm³/mol. The lowest BCUT2D eigenvalue weighted by atomic mass is 10.1. The second-order valence-corrected chi connectivity index (χ2v) is 5.05. The summed E-state index contributed by atoms with van der Waals surface area (Å²) in [6.07, 6.45) is 0.800. The second-order valence-electron chi connectivity index (χ2n) is 5.05. The minimum absolute atomic E-state index is 0.709. The summed E-state index contributed by atoms with van der Waals surface area (Å²) in [5, 5.41) is 4.68. The number of nitrogens with two attached hydrogens (primary N) is 2. The monoisotopic (exact) mass is 262 g/mol. The number of hydrogen-bond donors (Lipinski definition) is 2. The zero-order chi connectivity index (χ0) is 13.7. The quantitative estimate of drug-likeness (QED) is 0.518. The van der Waals surface area contributed by atoms with Crippen LogP contribution in [0.1, 0.15) is 11.1 Å². The fourth-order valence-electron chi connectivity index (χ4n) is 2.80. The molecule has 0 fully saturated rings. The van der Waals surface area contributed by atoms with Crippen LogP contribution in [-0.4, -0.2) is 9.78 Å². The Labute approximate surface area is 116 Å². The molecule has 4 heteroatoms. The maximum Gasteiger partial charge on any atom is 0.131 e. The largest absolute Gasteiger partial charge is 0.399 e. The number of nitrogens with zero attached hydrogens (tertiary/aromatic N) is 2. The van der Waals surface area contributed by atoms with Crippen molar-refractivity contribution in [1.29, 1.82) is 0 Å². The molecule has 0 amide bonds. The fraction of sp³-hybridized carbons (Fsp3) is 0.0625. The molecule has 0 radical (unpaired) electrons. The van der Waals surface area contributed by atoms with Crippen LogP contribution in [0.2, 0.25) is 0 Å². The van der Waals surface area contributed by atoms with E-state index in [-0.39, 0.29) is 0 Å². The van der Waals surface area contributed by atoms with Crippen molar-refractivity contribution in [1.82, 2.24) is 9.78 Å². The topological polar surface area (TPSA) is 69.9 Å². The minimum atomic E-state index is 0.709. The Bertz CT molecular complexity index is 803. The van der Waals surface area contributed by atoms with E-state index in [1.807, 2.05) is 53.2 Å². The zero-order valence-electron chi connectivity index (χ0n) is 10.9. The van der Waals surface area contributed by atoms with Crippen LogP contribution in [0.5, 0.6) is 0 Å². The van der Waals surface area contributed by atoms with Crippen molar-refractivity contribution in [2.45, 2.75) is 6.42 Å². The Morgan fingerprint density at radius 1 is 1.00 bits per heavy atom. The van der Waals surface area contributed by atoms with Crippen molar-refractivity contribution in [2.24, 2.45) is 0 Å². The molecule has 1 heterocycles. The van der Waals surface area contributed by atoms with Crippen molar-refractivity contribution in [3.63, 3.8) is 0 Å². The second kappa shape index (κ2) is 3.87. The molecule has 0 atom stereocenters. The number of hydrogen-bond acceptors (Lipinski definition) is 3. The van der Waals surface area contributed by atoms with Crippen LogP contribution >= 0.6 is 0 Å². The van der Waals surface area contributed by atoms with Gasteiger partial charge in [-0.3, -0.25) is 0 Å². The number of rotatable bonds is 1. The lowest BCUT2D eigenvalue weighted by molar-refractivity contribution is 0.893. The fourth-order valence-corrected chi connectivity index (χ4v) is 2.80. The molecular weight excluding hydrogens is 248 g/mol. The van der Waals surface area contributed by atoms with E-state index in [1.165, 1.54) is 5.56 Å². The average molecular weight is 262 g/mol. The molecule has 1 aromatic heterocycles. The van der Waals surface area contributed by atoms with Crippen molar-refractivity contribution < 1.29 is 0 Å². The standard InChI is InChI=1S/C16H14N4/c17-11-6-7-13-10(8-11)9-14-15(13)19-20(16(14)18)12-4-2-1-3-5-12/h1-8H,9,17-18H2. The first-order valence-corrected chi connectivity index (χ1v) is 6.55. The molecule has 0 bridgehead atoms. The van der Waals surface area contributed by atoms with E-state index in [0.717, 1.165) is 34.6 Å². The van der Waals surface area contributed by atoms with Crippen LogP contribution in [0.25, 0.3) is 16.9 Å². The Balaban J connectivity index is 1.90. The van der Waals surface area contributed by atoms with Gasteiger partial charge in [-0.1, -0.05) is 24.3 Å². The predicted octanol–water partition coefficient (Wildman–Crippen LogP) is 2.61. The van der Waals surface area contributed by atoms with Crippen LogP contribution in [0, 0.1) is 0 Å². The molecule has 0 unspecified atom stereocenters. The number of aromatic nitrogens is 2. The number of fused-ring (bicyclic) bond motifs is 3. The van der Waals surface area contributed by atoms with Gasteiger partial charge in [0, 0.05) is 23.2 Å². The van der Waals surface area contributed by atoms with Gasteiger partial charge in [0.2, 0.25) is 0 Å². The first-order valence-electron chi connectivity index (χ1n) is 6.55. The van der Waals surface area contributed by atoms with Crippen LogP contribution < -0.4 is 11.5 Å². The third-order valence-electron chi connectivity index (χ3n) is 3.78. The maximum atomic E-state index is 6.27. The van der Waals surface area contributed by atoms with Crippen molar-refractivity contribution >= 4 is 11.5 Å². The van der Waals surface area contributed by atoms with Gasteiger partial charge in [-0.2, -0.15) is 5.10 Å². The van der Waals surface area contributed by atoms with Gasteiger partial charge in [0.15, 0.2) is 0 Å². The van der Waals surface area contributed by atoms with E-state index >= 15 is 0 Å². The smallest absolute Gasteiger partial charge is 0.131 e. The number of nitrogen functional groups attached to an aromatic ring is 2. The molecule has 0 saturated carbocycles. The third kappa shape index (κ3) is 1.45. The Morgan fingerprint density at radius 2 is 1.80 bits per heavy atom. The molecule has 98 valence electrons. The number of anilines is 2. The zero-order valence-corrected chi connectivity index (χ0v) is 10.9. The molecule has 0 saturated heterocycles. The Morgan fingerprint density at radius 3 is 2.60 bits per heavy atom. The molecule has 0 spiro atoms. The lowest BCUT2D eigenvalue weighted by Gasteiger charge is -2.06. The van der Waals surface area contributed by atoms with E-state index in [2.05, 4.69) is 5.10 Å². The van der Waals surface area contributed by atoms with Gasteiger partial charge in [0.1, 0.15) is 5.82 Å². The van der Waals surface area contributed by atoms with E-state index in [1.54, 1.807) is 0 Å². The highest BCUT2D eigenvalue weighted by Gasteiger charge is 2.26. The van der Waals surface area contributed by atoms with Gasteiger partial charge < -0.3 is 11.5 Å².